The van der Waals surface area contributed by atoms with Crippen molar-refractivity contribution in [3.8, 4) is 0 Å². The van der Waals surface area contributed by atoms with Crippen molar-refractivity contribution in [1.29, 1.82) is 0 Å². The van der Waals surface area contributed by atoms with Crippen LogP contribution >= 0.6 is 0 Å². The van der Waals surface area contributed by atoms with Crippen LogP contribution in [-0.2, 0) is 17.6 Å². The maximum Gasteiger partial charge on any atom is 0.253 e. The lowest BCUT2D eigenvalue weighted by Gasteiger charge is -2.37. The maximum absolute atomic E-state index is 13.5. The molecule has 0 saturated carbocycles. The first kappa shape index (κ1) is 22.0. The highest BCUT2D eigenvalue weighted by Crippen LogP contribution is 2.30. The molecular weight excluding hydrogens is 448 g/mol. The first-order valence-corrected chi connectivity index (χ1v) is 12.2. The fourth-order valence-corrected chi connectivity index (χ4v) is 5.24. The fraction of sp³-hybridized carbons (Fsp3) is 0.167. The second-order valence-corrected chi connectivity index (χ2v) is 9.25. The number of hydrogen-bond acceptors (Lipinski definition) is 3. The summed E-state index contributed by atoms with van der Waals surface area (Å²) >= 11 is 0. The van der Waals surface area contributed by atoms with Gasteiger partial charge < -0.3 is 15.2 Å². The standard InChI is InChI=1S/C30H26N4O2/c35-29(16-20-9-10-27-22(15-20)11-13-32-27)34-14-12-21-5-1-4-8-25(21)28(34)19-33-30(36)26-18-31-17-23-6-2-3-7-24(23)26/h1-11,13,15,17-18,28,32H,12,14,16,19H2,(H,33,36). The molecule has 178 valence electrons. The van der Waals surface area contributed by atoms with Gasteiger partial charge in [-0.3, -0.25) is 14.6 Å². The van der Waals surface area contributed by atoms with Gasteiger partial charge in [-0.2, -0.15) is 0 Å². The van der Waals surface area contributed by atoms with E-state index >= 15 is 0 Å². The summed E-state index contributed by atoms with van der Waals surface area (Å²) in [7, 11) is 0. The molecule has 0 saturated heterocycles. The van der Waals surface area contributed by atoms with E-state index in [0.717, 1.165) is 39.2 Å². The largest absolute Gasteiger partial charge is 0.361 e. The molecule has 0 aliphatic carbocycles. The zero-order valence-electron chi connectivity index (χ0n) is 19.8. The first-order valence-electron chi connectivity index (χ1n) is 12.2. The average molecular weight is 475 g/mol. The minimum absolute atomic E-state index is 0.0606. The molecule has 6 nitrogen and oxygen atoms in total. The third-order valence-electron chi connectivity index (χ3n) is 7.07. The van der Waals surface area contributed by atoms with Crippen LogP contribution in [0.1, 0.15) is 33.1 Å². The van der Waals surface area contributed by atoms with Crippen LogP contribution in [0.2, 0.25) is 0 Å². The van der Waals surface area contributed by atoms with Crippen LogP contribution in [0.25, 0.3) is 21.7 Å². The van der Waals surface area contributed by atoms with Gasteiger partial charge in [0.1, 0.15) is 0 Å². The minimum atomic E-state index is -0.231. The van der Waals surface area contributed by atoms with Crippen molar-refractivity contribution in [1.82, 2.24) is 20.2 Å². The summed E-state index contributed by atoms with van der Waals surface area (Å²) in [6, 6.07) is 23.8. The first-order chi connectivity index (χ1) is 17.7. The van der Waals surface area contributed by atoms with E-state index in [2.05, 4.69) is 33.5 Å². The van der Waals surface area contributed by atoms with E-state index in [1.165, 1.54) is 5.56 Å². The Labute approximate surface area is 209 Å². The second-order valence-electron chi connectivity index (χ2n) is 9.25. The molecule has 2 amide bonds. The van der Waals surface area contributed by atoms with Crippen LogP contribution in [0.3, 0.4) is 0 Å². The third-order valence-corrected chi connectivity index (χ3v) is 7.07. The number of nitrogens with one attached hydrogen (secondary N) is 2. The highest BCUT2D eigenvalue weighted by Gasteiger charge is 2.31. The second kappa shape index (κ2) is 9.30. The number of fused-ring (bicyclic) bond motifs is 3. The smallest absolute Gasteiger partial charge is 0.253 e. The van der Waals surface area contributed by atoms with Crippen molar-refractivity contribution in [3.05, 3.63) is 114 Å². The Morgan fingerprint density at radius 1 is 0.972 bits per heavy atom. The number of hydrogen-bond donors (Lipinski definition) is 2. The Balaban J connectivity index is 1.25. The van der Waals surface area contributed by atoms with Crippen LogP contribution in [-0.4, -0.2) is 39.8 Å². The molecule has 2 N–H and O–H groups in total. The lowest BCUT2D eigenvalue weighted by molar-refractivity contribution is -0.133. The lowest BCUT2D eigenvalue weighted by Crippen LogP contribution is -2.45. The summed E-state index contributed by atoms with van der Waals surface area (Å²) in [6.45, 7) is 0.959. The van der Waals surface area contributed by atoms with Crippen molar-refractivity contribution in [2.75, 3.05) is 13.1 Å². The predicted molar refractivity (Wildman–Crippen MR) is 141 cm³/mol. The number of carbonyl (C=O) groups is 2. The van der Waals surface area contributed by atoms with Gasteiger partial charge in [0.2, 0.25) is 5.91 Å². The molecule has 3 heterocycles. The average Bonchev–Trinajstić information content (AvgIpc) is 3.39. The Bertz CT molecular complexity index is 1580. The summed E-state index contributed by atoms with van der Waals surface area (Å²) in [4.78, 5) is 36.1. The molecule has 6 rings (SSSR count). The number of rotatable bonds is 5. The van der Waals surface area contributed by atoms with Crippen molar-refractivity contribution < 1.29 is 9.59 Å². The molecule has 3 aromatic carbocycles. The van der Waals surface area contributed by atoms with Crippen LogP contribution < -0.4 is 5.32 Å². The van der Waals surface area contributed by atoms with Gasteiger partial charge >= 0.3 is 0 Å². The van der Waals surface area contributed by atoms with Gasteiger partial charge in [0.25, 0.3) is 5.91 Å². The van der Waals surface area contributed by atoms with E-state index in [1.54, 1.807) is 12.4 Å². The highest BCUT2D eigenvalue weighted by molar-refractivity contribution is 6.06. The number of nitrogens with zero attached hydrogens (tertiary/aromatic N) is 2. The van der Waals surface area contributed by atoms with Crippen LogP contribution in [0.4, 0.5) is 0 Å². The number of aromatic amines is 1. The van der Waals surface area contributed by atoms with E-state index in [0.29, 0.717) is 25.1 Å². The number of pyridine rings is 1. The summed E-state index contributed by atoms with van der Waals surface area (Å²) in [6.07, 6.45) is 6.39. The highest BCUT2D eigenvalue weighted by atomic mass is 16.2. The zero-order valence-corrected chi connectivity index (χ0v) is 19.8. The van der Waals surface area contributed by atoms with Crippen molar-refractivity contribution >= 4 is 33.5 Å². The molecule has 6 heteroatoms. The molecule has 1 aliphatic heterocycles. The summed E-state index contributed by atoms with van der Waals surface area (Å²) in [5, 5.41) is 5.97. The molecule has 2 aromatic heterocycles. The van der Waals surface area contributed by atoms with Gasteiger partial charge in [0.15, 0.2) is 0 Å². The summed E-state index contributed by atoms with van der Waals surface area (Å²) < 4.78 is 0. The van der Waals surface area contributed by atoms with Gasteiger partial charge in [-0.15, -0.1) is 0 Å². The van der Waals surface area contributed by atoms with E-state index in [-0.39, 0.29) is 17.9 Å². The molecular formula is C30H26N4O2. The summed E-state index contributed by atoms with van der Waals surface area (Å²) in [5.41, 5.74) is 4.89. The molecule has 5 aromatic rings. The van der Waals surface area contributed by atoms with E-state index in [9.17, 15) is 9.59 Å². The van der Waals surface area contributed by atoms with Gasteiger partial charge in [-0.1, -0.05) is 54.6 Å². The molecule has 0 bridgehead atoms. The van der Waals surface area contributed by atoms with Crippen molar-refractivity contribution in [2.24, 2.45) is 0 Å². The molecule has 0 radical (unpaired) electrons. The third kappa shape index (κ3) is 4.11. The topological polar surface area (TPSA) is 78.1 Å². The van der Waals surface area contributed by atoms with E-state index in [1.807, 2.05) is 65.7 Å². The van der Waals surface area contributed by atoms with Gasteiger partial charge in [-0.05, 0) is 52.1 Å². The number of carbonyl (C=O) groups excluding carboxylic acids is 2. The van der Waals surface area contributed by atoms with Gasteiger partial charge in [0.05, 0.1) is 18.0 Å². The number of aromatic nitrogens is 2. The Morgan fingerprint density at radius 3 is 2.78 bits per heavy atom. The van der Waals surface area contributed by atoms with E-state index in [4.69, 9.17) is 0 Å². The molecule has 1 atom stereocenters. The molecule has 1 unspecified atom stereocenters. The zero-order chi connectivity index (χ0) is 24.5. The monoisotopic (exact) mass is 474 g/mol. The Hall–Kier alpha value is -4.45. The molecule has 0 fully saturated rings. The molecule has 36 heavy (non-hydrogen) atoms. The SMILES string of the molecule is O=C(NCC1c2ccccc2CCN1C(=O)Cc1ccc2[nH]ccc2c1)c1cncc2ccccc12. The van der Waals surface area contributed by atoms with Crippen molar-refractivity contribution in [2.45, 2.75) is 18.9 Å². The van der Waals surface area contributed by atoms with Crippen LogP contribution in [0.15, 0.2) is 91.4 Å². The minimum Gasteiger partial charge on any atom is -0.361 e. The van der Waals surface area contributed by atoms with Gasteiger partial charge in [0, 0.05) is 42.6 Å². The summed E-state index contributed by atoms with van der Waals surface area (Å²) in [5.74, 6) is -0.127. The van der Waals surface area contributed by atoms with Crippen molar-refractivity contribution in [3.63, 3.8) is 0 Å². The fourth-order valence-electron chi connectivity index (χ4n) is 5.24. The normalized spacial score (nSPS) is 15.1. The Kier molecular flexibility index (Phi) is 5.70. The molecule has 0 spiro atoms. The Morgan fingerprint density at radius 2 is 1.83 bits per heavy atom. The van der Waals surface area contributed by atoms with Crippen LogP contribution in [0, 0.1) is 0 Å². The number of H-pyrrole nitrogens is 1. The predicted octanol–water partition coefficient (Wildman–Crippen LogP) is 4.81. The number of benzene rings is 3. The quantitative estimate of drug-likeness (QED) is 0.384. The van der Waals surface area contributed by atoms with Gasteiger partial charge in [-0.25, -0.2) is 0 Å². The van der Waals surface area contributed by atoms with E-state index < -0.39 is 0 Å². The maximum atomic E-state index is 13.5. The lowest BCUT2D eigenvalue weighted by atomic mass is 9.91. The number of amides is 2. The van der Waals surface area contributed by atoms with Crippen LogP contribution in [0.5, 0.6) is 0 Å². The molecule has 1 aliphatic rings.